The zero-order valence-electron chi connectivity index (χ0n) is 16.2. The molecule has 0 radical (unpaired) electrons. The van der Waals surface area contributed by atoms with Crippen molar-refractivity contribution < 1.29 is 10.0 Å². The maximum absolute atomic E-state index is 11.7. The number of hydrogen-bond donors (Lipinski definition) is 3. The van der Waals surface area contributed by atoms with E-state index in [-0.39, 0.29) is 0 Å². The third-order valence-electron chi connectivity index (χ3n) is 6.16. The van der Waals surface area contributed by atoms with Gasteiger partial charge in [0.05, 0.1) is 5.56 Å². The van der Waals surface area contributed by atoms with E-state index >= 15 is 0 Å². The first-order valence-corrected chi connectivity index (χ1v) is 9.87. The van der Waals surface area contributed by atoms with E-state index < -0.39 is 5.91 Å². The first-order valence-electron chi connectivity index (χ1n) is 9.87. The molecule has 0 bridgehead atoms. The predicted molar refractivity (Wildman–Crippen MR) is 101 cm³/mol. The molecule has 0 saturated heterocycles. The summed E-state index contributed by atoms with van der Waals surface area (Å²) in [6.45, 7) is 6.55. The summed E-state index contributed by atoms with van der Waals surface area (Å²) in [6, 6.07) is 3.02. The van der Waals surface area contributed by atoms with Gasteiger partial charge in [-0.25, -0.2) is 5.48 Å². The van der Waals surface area contributed by atoms with Gasteiger partial charge in [0.1, 0.15) is 0 Å². The van der Waals surface area contributed by atoms with Crippen molar-refractivity contribution in [1.82, 2.24) is 20.7 Å². The minimum Gasteiger partial charge on any atom is -0.317 e. The van der Waals surface area contributed by atoms with Gasteiger partial charge in [0.25, 0.3) is 5.91 Å². The van der Waals surface area contributed by atoms with Crippen LogP contribution in [-0.4, -0.2) is 46.7 Å². The molecular weight excluding hydrogens is 328 g/mol. The third-order valence-corrected chi connectivity index (χ3v) is 6.16. The summed E-state index contributed by atoms with van der Waals surface area (Å²) in [6.07, 6.45) is 7.42. The van der Waals surface area contributed by atoms with Crippen molar-refractivity contribution in [3.8, 4) is 0 Å². The number of rotatable bonds is 5. The fourth-order valence-corrected chi connectivity index (χ4v) is 4.83. The van der Waals surface area contributed by atoms with Crippen LogP contribution in [0, 0.1) is 11.8 Å². The van der Waals surface area contributed by atoms with Gasteiger partial charge in [0, 0.05) is 43.5 Å². The lowest BCUT2D eigenvalue weighted by atomic mass is 9.78. The second-order valence-electron chi connectivity index (χ2n) is 8.13. The second kappa shape index (κ2) is 8.46. The van der Waals surface area contributed by atoms with Crippen LogP contribution < -0.4 is 10.8 Å². The smallest absolute Gasteiger partial charge is 0.276 e. The molecule has 144 valence electrons. The second-order valence-corrected chi connectivity index (χ2v) is 8.13. The standard InChI is InChI=1S/C20H32N4O2/c1-4-18-9-19-16(8-15(10-22-19)20(25)23-26)12-24(18)11-14-5-13(2)6-17(7-14)21-3/h8,10,13-14,17-18,21,26H,4-7,9,11-12H2,1-3H3,(H,23,25). The molecule has 6 nitrogen and oxygen atoms in total. The van der Waals surface area contributed by atoms with Crippen LogP contribution in [0.4, 0.5) is 0 Å². The van der Waals surface area contributed by atoms with Crippen LogP contribution in [0.5, 0.6) is 0 Å². The first-order chi connectivity index (χ1) is 12.5. The van der Waals surface area contributed by atoms with E-state index in [0.29, 0.717) is 23.6 Å². The fraction of sp³-hybridized carbons (Fsp3) is 0.700. The largest absolute Gasteiger partial charge is 0.317 e. The van der Waals surface area contributed by atoms with E-state index in [2.05, 4.69) is 36.1 Å². The number of nitrogens with zero attached hydrogens (tertiary/aromatic N) is 2. The van der Waals surface area contributed by atoms with Crippen LogP contribution >= 0.6 is 0 Å². The summed E-state index contributed by atoms with van der Waals surface area (Å²) in [4.78, 5) is 18.8. The SMILES string of the molecule is CCC1Cc2ncc(C(=O)NO)cc2CN1CC1CC(C)CC(NC)C1. The molecule has 3 rings (SSSR count). The average molecular weight is 361 g/mol. The molecule has 4 atom stereocenters. The molecule has 1 aliphatic carbocycles. The Balaban J connectivity index is 1.74. The summed E-state index contributed by atoms with van der Waals surface area (Å²) in [7, 11) is 2.07. The Labute approximate surface area is 156 Å². The highest BCUT2D eigenvalue weighted by atomic mass is 16.5. The minimum atomic E-state index is -0.498. The fourth-order valence-electron chi connectivity index (χ4n) is 4.83. The predicted octanol–water partition coefficient (Wildman–Crippen LogP) is 2.36. The summed E-state index contributed by atoms with van der Waals surface area (Å²) in [5, 5.41) is 12.3. The normalized spacial score (nSPS) is 29.2. The van der Waals surface area contributed by atoms with Crippen LogP contribution in [0.1, 0.15) is 61.1 Å². The Morgan fingerprint density at radius 1 is 1.38 bits per heavy atom. The van der Waals surface area contributed by atoms with E-state index in [0.717, 1.165) is 43.1 Å². The van der Waals surface area contributed by atoms with Crippen molar-refractivity contribution in [2.45, 2.75) is 64.6 Å². The first kappa shape index (κ1) is 19.3. The molecule has 1 aliphatic heterocycles. The molecule has 0 aromatic carbocycles. The number of hydroxylamine groups is 1. The maximum atomic E-state index is 11.7. The zero-order chi connectivity index (χ0) is 18.7. The lowest BCUT2D eigenvalue weighted by Crippen LogP contribution is -2.45. The van der Waals surface area contributed by atoms with Crippen molar-refractivity contribution in [1.29, 1.82) is 0 Å². The third kappa shape index (κ3) is 4.24. The Bertz CT molecular complexity index is 636. The number of carbonyl (C=O) groups excluding carboxylic acids is 1. The van der Waals surface area contributed by atoms with E-state index in [1.807, 2.05) is 6.07 Å². The number of pyridine rings is 1. The zero-order valence-corrected chi connectivity index (χ0v) is 16.2. The van der Waals surface area contributed by atoms with E-state index in [1.165, 1.54) is 19.3 Å². The monoisotopic (exact) mass is 360 g/mol. The average Bonchev–Trinajstić information content (AvgIpc) is 2.65. The topological polar surface area (TPSA) is 77.5 Å². The summed E-state index contributed by atoms with van der Waals surface area (Å²) in [5.74, 6) is 0.982. The molecule has 2 heterocycles. The van der Waals surface area contributed by atoms with Gasteiger partial charge in [0.15, 0.2) is 0 Å². The Morgan fingerprint density at radius 3 is 2.88 bits per heavy atom. The van der Waals surface area contributed by atoms with Crippen molar-refractivity contribution >= 4 is 5.91 Å². The van der Waals surface area contributed by atoms with Gasteiger partial charge < -0.3 is 5.32 Å². The highest BCUT2D eigenvalue weighted by molar-refractivity contribution is 5.93. The summed E-state index contributed by atoms with van der Waals surface area (Å²) < 4.78 is 0. The molecule has 3 N–H and O–H groups in total. The van der Waals surface area contributed by atoms with E-state index in [4.69, 9.17) is 5.21 Å². The lowest BCUT2D eigenvalue weighted by Gasteiger charge is -2.41. The van der Waals surface area contributed by atoms with Crippen LogP contribution in [0.2, 0.25) is 0 Å². The molecule has 1 aromatic heterocycles. The maximum Gasteiger partial charge on any atom is 0.276 e. The Hall–Kier alpha value is -1.50. The molecule has 0 spiro atoms. The van der Waals surface area contributed by atoms with Gasteiger partial charge in [-0.05, 0) is 56.2 Å². The number of carbonyl (C=O) groups is 1. The van der Waals surface area contributed by atoms with Gasteiger partial charge in [0.2, 0.25) is 0 Å². The van der Waals surface area contributed by atoms with Crippen molar-refractivity contribution in [3.63, 3.8) is 0 Å². The van der Waals surface area contributed by atoms with E-state index in [9.17, 15) is 4.79 Å². The van der Waals surface area contributed by atoms with Crippen LogP contribution in [0.15, 0.2) is 12.3 Å². The summed E-state index contributed by atoms with van der Waals surface area (Å²) >= 11 is 0. The number of fused-ring (bicyclic) bond motifs is 1. The highest BCUT2D eigenvalue weighted by Gasteiger charge is 2.32. The number of aromatic nitrogens is 1. The van der Waals surface area contributed by atoms with Crippen LogP contribution in [0.25, 0.3) is 0 Å². The van der Waals surface area contributed by atoms with E-state index in [1.54, 1.807) is 11.7 Å². The Kier molecular flexibility index (Phi) is 6.27. The van der Waals surface area contributed by atoms with Crippen molar-refractivity contribution in [2.24, 2.45) is 11.8 Å². The number of hydrogen-bond acceptors (Lipinski definition) is 5. The van der Waals surface area contributed by atoms with Gasteiger partial charge in [-0.1, -0.05) is 13.8 Å². The molecule has 1 fully saturated rings. The lowest BCUT2D eigenvalue weighted by molar-refractivity contribution is 0.0705. The number of nitrogens with one attached hydrogen (secondary N) is 2. The molecule has 6 heteroatoms. The molecule has 1 saturated carbocycles. The minimum absolute atomic E-state index is 0.419. The quantitative estimate of drug-likeness (QED) is 0.555. The molecule has 26 heavy (non-hydrogen) atoms. The molecule has 2 aliphatic rings. The van der Waals surface area contributed by atoms with Crippen LogP contribution in [0.3, 0.4) is 0 Å². The van der Waals surface area contributed by atoms with Gasteiger partial charge in [-0.2, -0.15) is 0 Å². The molecule has 1 amide bonds. The number of amides is 1. The highest BCUT2D eigenvalue weighted by Crippen LogP contribution is 2.32. The molecule has 1 aromatic rings. The van der Waals surface area contributed by atoms with Gasteiger partial charge >= 0.3 is 0 Å². The Morgan fingerprint density at radius 2 is 2.19 bits per heavy atom. The molecular formula is C20H32N4O2. The summed E-state index contributed by atoms with van der Waals surface area (Å²) in [5.41, 5.74) is 4.33. The van der Waals surface area contributed by atoms with Gasteiger partial charge in [-0.15, -0.1) is 0 Å². The van der Waals surface area contributed by atoms with Crippen molar-refractivity contribution in [2.75, 3.05) is 13.6 Å². The van der Waals surface area contributed by atoms with Crippen LogP contribution in [-0.2, 0) is 13.0 Å². The van der Waals surface area contributed by atoms with Crippen molar-refractivity contribution in [3.05, 3.63) is 29.1 Å². The van der Waals surface area contributed by atoms with Gasteiger partial charge in [-0.3, -0.25) is 19.9 Å². The molecule has 4 unspecified atom stereocenters.